The first-order valence-electron chi connectivity index (χ1n) is 4.90. The first-order valence-corrected chi connectivity index (χ1v) is 4.90. The fourth-order valence-electron chi connectivity index (χ4n) is 1.62. The third-order valence-electron chi connectivity index (χ3n) is 2.29. The van der Waals surface area contributed by atoms with E-state index in [1.54, 1.807) is 0 Å². The predicted molar refractivity (Wildman–Crippen MR) is 65.1 cm³/mol. The van der Waals surface area contributed by atoms with Crippen LogP contribution < -0.4 is 0 Å². The van der Waals surface area contributed by atoms with Crippen molar-refractivity contribution in [2.24, 2.45) is 0 Å². The van der Waals surface area contributed by atoms with Gasteiger partial charge in [-0.2, -0.15) is 0 Å². The molecule has 1 heterocycles. The summed E-state index contributed by atoms with van der Waals surface area (Å²) in [6, 6.07) is 0. The number of hydrogen-bond acceptors (Lipinski definition) is 0. The van der Waals surface area contributed by atoms with E-state index in [1.807, 2.05) is 25.2 Å². The summed E-state index contributed by atoms with van der Waals surface area (Å²) in [5.41, 5.74) is 4.69. The second-order valence-electron chi connectivity index (χ2n) is 3.11. The first kappa shape index (κ1) is 10.6. The van der Waals surface area contributed by atoms with E-state index >= 15 is 0 Å². The van der Waals surface area contributed by atoms with Crippen molar-refractivity contribution in [3.63, 3.8) is 0 Å². The third-order valence-corrected chi connectivity index (χ3v) is 2.29. The Morgan fingerprint density at radius 2 is 1.93 bits per heavy atom. The topological polar surface area (TPSA) is 15.8 Å². The summed E-state index contributed by atoms with van der Waals surface area (Å²) in [5.74, 6) is 0. The Bertz CT molecular complexity index is 367. The number of aromatic amines is 1. The average Bonchev–Trinajstić information content (AvgIpc) is 2.56. The number of H-pyrrole nitrogens is 1. The molecule has 0 bridgehead atoms. The Balaban J connectivity index is 3.39. The summed E-state index contributed by atoms with van der Waals surface area (Å²) in [4.78, 5) is 3.34. The van der Waals surface area contributed by atoms with E-state index in [1.165, 1.54) is 11.3 Å². The molecule has 1 heteroatoms. The van der Waals surface area contributed by atoms with E-state index in [0.29, 0.717) is 0 Å². The van der Waals surface area contributed by atoms with Crippen LogP contribution in [0.2, 0.25) is 0 Å². The van der Waals surface area contributed by atoms with Gasteiger partial charge in [0, 0.05) is 22.5 Å². The summed E-state index contributed by atoms with van der Waals surface area (Å²) < 4.78 is 0. The fourth-order valence-corrected chi connectivity index (χ4v) is 1.62. The molecule has 14 heavy (non-hydrogen) atoms. The molecule has 0 fully saturated rings. The number of rotatable bonds is 4. The van der Waals surface area contributed by atoms with Gasteiger partial charge in [-0.25, -0.2) is 0 Å². The van der Waals surface area contributed by atoms with Crippen molar-refractivity contribution in [1.29, 1.82) is 0 Å². The van der Waals surface area contributed by atoms with Crippen LogP contribution in [0, 0.1) is 0 Å². The van der Waals surface area contributed by atoms with E-state index in [9.17, 15) is 0 Å². The molecule has 0 amide bonds. The zero-order valence-electron chi connectivity index (χ0n) is 8.93. The quantitative estimate of drug-likeness (QED) is 0.736. The molecule has 0 aliphatic rings. The molecule has 1 aromatic heterocycles. The van der Waals surface area contributed by atoms with E-state index < -0.39 is 0 Å². The van der Waals surface area contributed by atoms with Crippen LogP contribution in [0.1, 0.15) is 36.4 Å². The molecule has 1 nitrogen and oxygen atoms in total. The molecule has 0 saturated carbocycles. The van der Waals surface area contributed by atoms with Gasteiger partial charge >= 0.3 is 0 Å². The normalized spacial score (nSPS) is 10.7. The van der Waals surface area contributed by atoms with Crippen molar-refractivity contribution in [2.75, 3.05) is 0 Å². The van der Waals surface area contributed by atoms with Crippen LogP contribution >= 0.6 is 0 Å². The lowest BCUT2D eigenvalue weighted by Crippen LogP contribution is -1.82. The Morgan fingerprint density at radius 1 is 1.21 bits per heavy atom. The summed E-state index contributed by atoms with van der Waals surface area (Å²) in [6.07, 6.45) is 8.86. The first-order chi connectivity index (χ1) is 6.78. The maximum atomic E-state index is 3.83. The lowest BCUT2D eigenvalue weighted by atomic mass is 10.1. The summed E-state index contributed by atoms with van der Waals surface area (Å²) >= 11 is 0. The molecular weight excluding hydrogens is 170 g/mol. The number of aromatic nitrogens is 1. The minimum absolute atomic E-state index is 0.994. The molecule has 0 atom stereocenters. The fraction of sp³-hybridized carbons (Fsp3) is 0.231. The molecule has 74 valence electrons. The van der Waals surface area contributed by atoms with Gasteiger partial charge in [0.2, 0.25) is 0 Å². The van der Waals surface area contributed by atoms with Gasteiger partial charge in [0.05, 0.1) is 0 Å². The van der Waals surface area contributed by atoms with Gasteiger partial charge in [0.1, 0.15) is 0 Å². The van der Waals surface area contributed by atoms with Gasteiger partial charge in [-0.05, 0) is 19.4 Å². The van der Waals surface area contributed by atoms with Gasteiger partial charge in [-0.15, -0.1) is 0 Å². The van der Waals surface area contributed by atoms with Gasteiger partial charge in [0.15, 0.2) is 0 Å². The smallest absolute Gasteiger partial charge is 0.0456 e. The molecule has 1 aromatic rings. The molecule has 1 N–H and O–H groups in total. The molecule has 0 aliphatic carbocycles. The second-order valence-corrected chi connectivity index (χ2v) is 3.11. The third kappa shape index (κ3) is 1.72. The van der Waals surface area contributed by atoms with Crippen molar-refractivity contribution in [2.45, 2.75) is 20.3 Å². The molecule has 0 aromatic carbocycles. The monoisotopic (exact) mass is 187 g/mol. The molecule has 0 spiro atoms. The number of allylic oxidation sites excluding steroid dienone is 1. The van der Waals surface area contributed by atoms with Crippen molar-refractivity contribution in [3.8, 4) is 0 Å². The van der Waals surface area contributed by atoms with Crippen LogP contribution in [-0.2, 0) is 6.42 Å². The van der Waals surface area contributed by atoms with E-state index in [-0.39, 0.29) is 0 Å². The number of nitrogens with one attached hydrogen (secondary N) is 1. The van der Waals surface area contributed by atoms with Crippen LogP contribution in [0.3, 0.4) is 0 Å². The Labute approximate surface area is 85.9 Å². The SMILES string of the molecule is C=Cc1[nH]c(CC)c(/C=C\C)c1C=C. The molecule has 1 rings (SSSR count). The summed E-state index contributed by atoms with van der Waals surface area (Å²) in [6.45, 7) is 11.8. The average molecular weight is 187 g/mol. The highest BCUT2D eigenvalue weighted by atomic mass is 14.7. The Hall–Kier alpha value is -1.50. The van der Waals surface area contributed by atoms with E-state index in [4.69, 9.17) is 0 Å². The van der Waals surface area contributed by atoms with E-state index in [0.717, 1.165) is 17.7 Å². The van der Waals surface area contributed by atoms with Crippen LogP contribution in [0.25, 0.3) is 18.2 Å². The summed E-state index contributed by atoms with van der Waals surface area (Å²) in [7, 11) is 0. The van der Waals surface area contributed by atoms with Gasteiger partial charge in [0.25, 0.3) is 0 Å². The highest BCUT2D eigenvalue weighted by Crippen LogP contribution is 2.23. The molecule has 0 aliphatic heterocycles. The number of hydrogen-bond donors (Lipinski definition) is 1. The lowest BCUT2D eigenvalue weighted by Gasteiger charge is -1.96. The largest absolute Gasteiger partial charge is 0.358 e. The van der Waals surface area contributed by atoms with Crippen molar-refractivity contribution in [3.05, 3.63) is 41.7 Å². The molecular formula is C13H17N. The molecule has 0 saturated heterocycles. The molecule has 0 radical (unpaired) electrons. The second kappa shape index (κ2) is 4.66. The standard InChI is InChI=1S/C13H17N/c1-5-9-11-10(6-2)12(7-3)14-13(11)8-4/h5-7,9,14H,2-3,8H2,1,4H3/b9-5-. The summed E-state index contributed by atoms with van der Waals surface area (Å²) in [5, 5.41) is 0. The predicted octanol–water partition coefficient (Wildman–Crippen LogP) is 3.90. The van der Waals surface area contributed by atoms with Crippen LogP contribution in [0.5, 0.6) is 0 Å². The van der Waals surface area contributed by atoms with Crippen molar-refractivity contribution in [1.82, 2.24) is 4.98 Å². The van der Waals surface area contributed by atoms with E-state index in [2.05, 4.69) is 31.1 Å². The highest BCUT2D eigenvalue weighted by Gasteiger charge is 2.08. The van der Waals surface area contributed by atoms with Crippen molar-refractivity contribution < 1.29 is 0 Å². The van der Waals surface area contributed by atoms with Gasteiger partial charge in [-0.1, -0.05) is 38.3 Å². The maximum Gasteiger partial charge on any atom is 0.0456 e. The minimum Gasteiger partial charge on any atom is -0.358 e. The highest BCUT2D eigenvalue weighted by molar-refractivity contribution is 5.73. The van der Waals surface area contributed by atoms with Crippen LogP contribution in [0.15, 0.2) is 19.2 Å². The van der Waals surface area contributed by atoms with Crippen LogP contribution in [-0.4, -0.2) is 4.98 Å². The van der Waals surface area contributed by atoms with Gasteiger partial charge < -0.3 is 4.98 Å². The minimum atomic E-state index is 0.994. The zero-order valence-corrected chi connectivity index (χ0v) is 8.93. The van der Waals surface area contributed by atoms with Crippen molar-refractivity contribution >= 4 is 18.2 Å². The molecule has 0 unspecified atom stereocenters. The Kier molecular flexibility index (Phi) is 3.52. The lowest BCUT2D eigenvalue weighted by molar-refractivity contribution is 1.05. The van der Waals surface area contributed by atoms with Crippen LogP contribution in [0.4, 0.5) is 0 Å². The Morgan fingerprint density at radius 3 is 2.36 bits per heavy atom. The zero-order chi connectivity index (χ0) is 10.6. The van der Waals surface area contributed by atoms with Gasteiger partial charge in [-0.3, -0.25) is 0 Å². The number of aryl methyl sites for hydroxylation is 1. The maximum absolute atomic E-state index is 3.83.